The van der Waals surface area contributed by atoms with Crippen molar-refractivity contribution in [3.63, 3.8) is 0 Å². The SMILES string of the molecule is CCCCc1ccc(-c2ccc(N)c(CC)c2)cc1. The molecule has 0 saturated heterocycles. The Morgan fingerprint density at radius 3 is 2.21 bits per heavy atom. The van der Waals surface area contributed by atoms with Crippen LogP contribution in [0, 0.1) is 0 Å². The highest BCUT2D eigenvalue weighted by Gasteiger charge is 2.02. The zero-order valence-electron chi connectivity index (χ0n) is 11.9. The third kappa shape index (κ3) is 3.37. The Morgan fingerprint density at radius 2 is 1.58 bits per heavy atom. The van der Waals surface area contributed by atoms with Crippen LogP contribution in [-0.2, 0) is 12.8 Å². The summed E-state index contributed by atoms with van der Waals surface area (Å²) in [5.41, 5.74) is 12.0. The molecule has 0 amide bonds. The van der Waals surface area contributed by atoms with Crippen molar-refractivity contribution in [1.82, 2.24) is 0 Å². The van der Waals surface area contributed by atoms with Crippen molar-refractivity contribution in [1.29, 1.82) is 0 Å². The minimum absolute atomic E-state index is 0.894. The molecule has 1 heteroatoms. The van der Waals surface area contributed by atoms with Gasteiger partial charge >= 0.3 is 0 Å². The maximum Gasteiger partial charge on any atom is 0.0346 e. The largest absolute Gasteiger partial charge is 0.399 e. The zero-order valence-corrected chi connectivity index (χ0v) is 11.9. The molecule has 0 bridgehead atoms. The Bertz CT molecular complexity index is 526. The van der Waals surface area contributed by atoms with Gasteiger partial charge in [0.15, 0.2) is 0 Å². The van der Waals surface area contributed by atoms with E-state index in [4.69, 9.17) is 5.73 Å². The fraction of sp³-hybridized carbons (Fsp3) is 0.333. The van der Waals surface area contributed by atoms with Gasteiger partial charge in [0.05, 0.1) is 0 Å². The van der Waals surface area contributed by atoms with Crippen LogP contribution in [0.25, 0.3) is 11.1 Å². The quantitative estimate of drug-likeness (QED) is 0.758. The number of aryl methyl sites for hydroxylation is 2. The average Bonchev–Trinajstić information content (AvgIpc) is 2.46. The van der Waals surface area contributed by atoms with Gasteiger partial charge in [-0.3, -0.25) is 0 Å². The lowest BCUT2D eigenvalue weighted by Crippen LogP contribution is -1.93. The maximum absolute atomic E-state index is 5.96. The van der Waals surface area contributed by atoms with E-state index in [1.54, 1.807) is 0 Å². The van der Waals surface area contributed by atoms with Gasteiger partial charge in [0.25, 0.3) is 0 Å². The number of rotatable bonds is 5. The van der Waals surface area contributed by atoms with Crippen molar-refractivity contribution in [2.45, 2.75) is 39.5 Å². The molecule has 0 aromatic heterocycles. The molecular formula is C18H23N. The second-order valence-electron chi connectivity index (χ2n) is 5.07. The van der Waals surface area contributed by atoms with Crippen molar-refractivity contribution >= 4 is 5.69 Å². The maximum atomic E-state index is 5.96. The number of nitrogen functional groups attached to an aromatic ring is 1. The van der Waals surface area contributed by atoms with E-state index < -0.39 is 0 Å². The molecule has 2 aromatic carbocycles. The molecule has 0 fully saturated rings. The summed E-state index contributed by atoms with van der Waals surface area (Å²) in [5.74, 6) is 0. The van der Waals surface area contributed by atoms with Gasteiger partial charge in [-0.15, -0.1) is 0 Å². The summed E-state index contributed by atoms with van der Waals surface area (Å²) in [6.07, 6.45) is 4.67. The topological polar surface area (TPSA) is 26.0 Å². The lowest BCUT2D eigenvalue weighted by molar-refractivity contribution is 0.795. The molecule has 0 aliphatic rings. The molecule has 0 heterocycles. The smallest absolute Gasteiger partial charge is 0.0346 e. The Labute approximate surface area is 116 Å². The van der Waals surface area contributed by atoms with Crippen LogP contribution < -0.4 is 5.73 Å². The number of benzene rings is 2. The van der Waals surface area contributed by atoms with E-state index in [1.807, 2.05) is 6.07 Å². The molecule has 0 spiro atoms. The summed E-state index contributed by atoms with van der Waals surface area (Å²) < 4.78 is 0. The van der Waals surface area contributed by atoms with Crippen LogP contribution in [0.3, 0.4) is 0 Å². The Kier molecular flexibility index (Phi) is 4.62. The predicted octanol–water partition coefficient (Wildman–Crippen LogP) is 4.84. The molecule has 2 aromatic rings. The van der Waals surface area contributed by atoms with Crippen LogP contribution >= 0.6 is 0 Å². The van der Waals surface area contributed by atoms with Gasteiger partial charge in [0.2, 0.25) is 0 Å². The Hall–Kier alpha value is -1.76. The molecule has 2 rings (SSSR count). The highest BCUT2D eigenvalue weighted by Crippen LogP contribution is 2.24. The first-order valence-corrected chi connectivity index (χ1v) is 7.22. The van der Waals surface area contributed by atoms with Crippen molar-refractivity contribution in [3.05, 3.63) is 53.6 Å². The molecule has 1 nitrogen and oxygen atoms in total. The normalized spacial score (nSPS) is 10.6. The van der Waals surface area contributed by atoms with E-state index in [-0.39, 0.29) is 0 Å². The van der Waals surface area contributed by atoms with E-state index >= 15 is 0 Å². The van der Waals surface area contributed by atoms with Gasteiger partial charge < -0.3 is 5.73 Å². The second-order valence-corrected chi connectivity index (χ2v) is 5.07. The fourth-order valence-corrected chi connectivity index (χ4v) is 2.34. The van der Waals surface area contributed by atoms with E-state index in [9.17, 15) is 0 Å². The molecule has 100 valence electrons. The van der Waals surface area contributed by atoms with Crippen LogP contribution in [0.2, 0.25) is 0 Å². The first kappa shape index (κ1) is 13.7. The van der Waals surface area contributed by atoms with Gasteiger partial charge in [-0.2, -0.15) is 0 Å². The molecular weight excluding hydrogens is 230 g/mol. The van der Waals surface area contributed by atoms with Crippen molar-refractivity contribution < 1.29 is 0 Å². The summed E-state index contributed by atoms with van der Waals surface area (Å²) in [4.78, 5) is 0. The van der Waals surface area contributed by atoms with Crippen LogP contribution in [0.1, 0.15) is 37.8 Å². The minimum atomic E-state index is 0.894. The zero-order chi connectivity index (χ0) is 13.7. The second kappa shape index (κ2) is 6.42. The first-order chi connectivity index (χ1) is 9.24. The summed E-state index contributed by atoms with van der Waals surface area (Å²) in [6, 6.07) is 15.2. The summed E-state index contributed by atoms with van der Waals surface area (Å²) in [5, 5.41) is 0. The van der Waals surface area contributed by atoms with Crippen LogP contribution in [0.15, 0.2) is 42.5 Å². The lowest BCUT2D eigenvalue weighted by atomic mass is 9.99. The van der Waals surface area contributed by atoms with Crippen LogP contribution in [0.5, 0.6) is 0 Å². The highest BCUT2D eigenvalue weighted by atomic mass is 14.6. The number of hydrogen-bond donors (Lipinski definition) is 1. The third-order valence-electron chi connectivity index (χ3n) is 3.63. The number of hydrogen-bond acceptors (Lipinski definition) is 1. The third-order valence-corrected chi connectivity index (χ3v) is 3.63. The number of anilines is 1. The molecule has 0 aliphatic carbocycles. The summed E-state index contributed by atoms with van der Waals surface area (Å²) >= 11 is 0. The van der Waals surface area contributed by atoms with Gasteiger partial charge in [0.1, 0.15) is 0 Å². The fourth-order valence-electron chi connectivity index (χ4n) is 2.34. The molecule has 0 atom stereocenters. The molecule has 0 saturated carbocycles. The van der Waals surface area contributed by atoms with E-state index in [0.717, 1.165) is 12.1 Å². The predicted molar refractivity (Wildman–Crippen MR) is 84.3 cm³/mol. The van der Waals surface area contributed by atoms with Gasteiger partial charge in [-0.05, 0) is 53.6 Å². The first-order valence-electron chi connectivity index (χ1n) is 7.22. The van der Waals surface area contributed by atoms with Gasteiger partial charge in [-0.1, -0.05) is 50.6 Å². The van der Waals surface area contributed by atoms with Gasteiger partial charge in [-0.25, -0.2) is 0 Å². The van der Waals surface area contributed by atoms with Gasteiger partial charge in [0, 0.05) is 5.69 Å². The Morgan fingerprint density at radius 1 is 0.895 bits per heavy atom. The Balaban J connectivity index is 2.22. The standard InChI is InChI=1S/C18H23N/c1-3-5-6-14-7-9-16(10-8-14)17-11-12-18(19)15(4-2)13-17/h7-13H,3-6,19H2,1-2H3. The molecule has 19 heavy (non-hydrogen) atoms. The average molecular weight is 253 g/mol. The lowest BCUT2D eigenvalue weighted by Gasteiger charge is -2.08. The molecule has 0 radical (unpaired) electrons. The van der Waals surface area contributed by atoms with Crippen LogP contribution in [-0.4, -0.2) is 0 Å². The van der Waals surface area contributed by atoms with E-state index in [1.165, 1.54) is 41.5 Å². The minimum Gasteiger partial charge on any atom is -0.399 e. The van der Waals surface area contributed by atoms with Crippen LogP contribution in [0.4, 0.5) is 5.69 Å². The van der Waals surface area contributed by atoms with Crippen molar-refractivity contribution in [3.8, 4) is 11.1 Å². The monoisotopic (exact) mass is 253 g/mol. The summed E-state index contributed by atoms with van der Waals surface area (Å²) in [6.45, 7) is 4.37. The van der Waals surface area contributed by atoms with E-state index in [0.29, 0.717) is 0 Å². The number of nitrogens with two attached hydrogens (primary N) is 1. The van der Waals surface area contributed by atoms with E-state index in [2.05, 4.69) is 50.2 Å². The number of unbranched alkanes of at least 4 members (excludes halogenated alkanes) is 1. The molecule has 0 unspecified atom stereocenters. The van der Waals surface area contributed by atoms with Crippen molar-refractivity contribution in [2.75, 3.05) is 5.73 Å². The van der Waals surface area contributed by atoms with Crippen molar-refractivity contribution in [2.24, 2.45) is 0 Å². The summed E-state index contributed by atoms with van der Waals surface area (Å²) in [7, 11) is 0. The molecule has 0 aliphatic heterocycles. The highest BCUT2D eigenvalue weighted by molar-refractivity contribution is 5.68. The molecule has 2 N–H and O–H groups in total.